The zero-order chi connectivity index (χ0) is 15.4. The van der Waals surface area contributed by atoms with Gasteiger partial charge < -0.3 is 4.90 Å². The lowest BCUT2D eigenvalue weighted by Gasteiger charge is -2.20. The Labute approximate surface area is 120 Å². The molecule has 0 aromatic heterocycles. The molecule has 112 valence electrons. The van der Waals surface area contributed by atoms with Crippen molar-refractivity contribution < 1.29 is 14.6 Å². The van der Waals surface area contributed by atoms with Gasteiger partial charge in [0.05, 0.1) is 15.9 Å². The van der Waals surface area contributed by atoms with E-state index in [4.69, 9.17) is 0 Å². The van der Waals surface area contributed by atoms with Gasteiger partial charge in [0, 0.05) is 19.2 Å². The van der Waals surface area contributed by atoms with Crippen molar-refractivity contribution in [1.29, 1.82) is 0 Å². The summed E-state index contributed by atoms with van der Waals surface area (Å²) >= 11 is 0. The van der Waals surface area contributed by atoms with Crippen molar-refractivity contribution in [2.45, 2.75) is 25.7 Å². The van der Waals surface area contributed by atoms with Crippen LogP contribution in [0.5, 0.6) is 0 Å². The van der Waals surface area contributed by atoms with Crippen LogP contribution in [0, 0.1) is 20.2 Å². The molecule has 0 N–H and O–H groups in total. The van der Waals surface area contributed by atoms with Crippen molar-refractivity contribution in [3.05, 3.63) is 44.0 Å². The number of hydrogen-bond donors (Lipinski definition) is 0. The highest BCUT2D eigenvalue weighted by molar-refractivity contribution is 5.98. The summed E-state index contributed by atoms with van der Waals surface area (Å²) in [5.41, 5.74) is -1.000. The second-order valence-corrected chi connectivity index (χ2v) is 4.92. The van der Waals surface area contributed by atoms with Crippen molar-refractivity contribution in [3.8, 4) is 0 Å². The first kappa shape index (κ1) is 14.9. The van der Waals surface area contributed by atoms with Crippen molar-refractivity contribution in [1.82, 2.24) is 4.90 Å². The van der Waals surface area contributed by atoms with E-state index >= 15 is 0 Å². The molecule has 8 nitrogen and oxygen atoms in total. The van der Waals surface area contributed by atoms with Gasteiger partial charge in [0.1, 0.15) is 5.56 Å². The second kappa shape index (κ2) is 6.29. The summed E-state index contributed by atoms with van der Waals surface area (Å²) in [6.07, 6.45) is 3.80. The number of carbonyl (C=O) groups is 1. The molecule has 21 heavy (non-hydrogen) atoms. The highest BCUT2D eigenvalue weighted by Gasteiger charge is 2.27. The maximum Gasteiger partial charge on any atom is 0.289 e. The van der Waals surface area contributed by atoms with Gasteiger partial charge in [-0.25, -0.2) is 0 Å². The quantitative estimate of drug-likeness (QED) is 0.628. The molecule has 1 aromatic rings. The summed E-state index contributed by atoms with van der Waals surface area (Å²) in [4.78, 5) is 34.3. The van der Waals surface area contributed by atoms with Crippen LogP contribution in [0.4, 0.5) is 11.4 Å². The number of non-ortho nitro benzene ring substituents is 1. The third-order valence-electron chi connectivity index (χ3n) is 3.51. The minimum Gasteiger partial charge on any atom is -0.338 e. The number of benzene rings is 1. The number of nitrogens with zero attached hydrogens (tertiary/aromatic N) is 3. The lowest BCUT2D eigenvalue weighted by molar-refractivity contribution is -0.394. The van der Waals surface area contributed by atoms with E-state index in [0.717, 1.165) is 37.8 Å². The molecule has 0 spiro atoms. The zero-order valence-electron chi connectivity index (χ0n) is 11.4. The van der Waals surface area contributed by atoms with Crippen LogP contribution in [0.25, 0.3) is 0 Å². The molecule has 0 saturated carbocycles. The Morgan fingerprint density at radius 3 is 2.14 bits per heavy atom. The smallest absolute Gasteiger partial charge is 0.289 e. The average Bonchev–Trinajstić information content (AvgIpc) is 2.74. The molecule has 1 amide bonds. The summed E-state index contributed by atoms with van der Waals surface area (Å²) in [6.45, 7) is 1.12. The maximum absolute atomic E-state index is 12.4. The van der Waals surface area contributed by atoms with Crippen LogP contribution < -0.4 is 0 Å². The molecule has 1 aliphatic heterocycles. The molecular weight excluding hydrogens is 278 g/mol. The van der Waals surface area contributed by atoms with E-state index in [2.05, 4.69) is 0 Å². The van der Waals surface area contributed by atoms with Crippen molar-refractivity contribution in [2.24, 2.45) is 0 Å². The van der Waals surface area contributed by atoms with E-state index in [9.17, 15) is 25.0 Å². The number of nitro benzene ring substituents is 2. The minimum absolute atomic E-state index is 0.0903. The van der Waals surface area contributed by atoms with E-state index in [0.29, 0.717) is 13.1 Å². The molecular formula is C13H15N3O5. The van der Waals surface area contributed by atoms with Gasteiger partial charge in [0.15, 0.2) is 0 Å². The normalized spacial score (nSPS) is 15.3. The molecule has 0 bridgehead atoms. The summed E-state index contributed by atoms with van der Waals surface area (Å²) in [6, 6.07) is 3.13. The number of carbonyl (C=O) groups excluding carboxylic acids is 1. The molecule has 0 atom stereocenters. The van der Waals surface area contributed by atoms with E-state index in [1.54, 1.807) is 4.90 Å². The first-order chi connectivity index (χ1) is 10.0. The van der Waals surface area contributed by atoms with Crippen molar-refractivity contribution in [3.63, 3.8) is 0 Å². The third-order valence-corrected chi connectivity index (χ3v) is 3.51. The predicted molar refractivity (Wildman–Crippen MR) is 74.1 cm³/mol. The Morgan fingerprint density at radius 1 is 1.00 bits per heavy atom. The molecule has 8 heteroatoms. The Morgan fingerprint density at radius 2 is 1.62 bits per heavy atom. The van der Waals surface area contributed by atoms with Gasteiger partial charge >= 0.3 is 0 Å². The van der Waals surface area contributed by atoms with Gasteiger partial charge in [-0.1, -0.05) is 12.8 Å². The van der Waals surface area contributed by atoms with Crippen molar-refractivity contribution in [2.75, 3.05) is 13.1 Å². The molecule has 0 unspecified atom stereocenters. The molecule has 1 fully saturated rings. The molecule has 0 radical (unpaired) electrons. The Balaban J connectivity index is 2.35. The monoisotopic (exact) mass is 293 g/mol. The maximum atomic E-state index is 12.4. The largest absolute Gasteiger partial charge is 0.338 e. The van der Waals surface area contributed by atoms with Gasteiger partial charge in [0.25, 0.3) is 17.3 Å². The summed E-state index contributed by atoms with van der Waals surface area (Å²) in [5.74, 6) is -0.432. The number of hydrogen-bond acceptors (Lipinski definition) is 5. The fourth-order valence-corrected chi connectivity index (χ4v) is 2.41. The molecule has 1 heterocycles. The van der Waals surface area contributed by atoms with Crippen LogP contribution in [0.2, 0.25) is 0 Å². The highest BCUT2D eigenvalue weighted by Crippen LogP contribution is 2.26. The number of likely N-dealkylation sites (tertiary alicyclic amines) is 1. The molecule has 1 aromatic carbocycles. The summed E-state index contributed by atoms with van der Waals surface area (Å²) < 4.78 is 0. The number of amides is 1. The van der Waals surface area contributed by atoms with Crippen LogP contribution in [-0.4, -0.2) is 33.7 Å². The standard InChI is InChI=1S/C13H15N3O5/c17-13(14-7-3-1-2-4-8-14)11-6-5-10(15(18)19)9-12(11)16(20)21/h5-6,9H,1-4,7-8H2. The minimum atomic E-state index is -0.752. The van der Waals surface area contributed by atoms with Crippen LogP contribution in [0.1, 0.15) is 36.0 Å². The molecule has 1 saturated heterocycles. The first-order valence-electron chi connectivity index (χ1n) is 6.73. The van der Waals surface area contributed by atoms with E-state index in [1.807, 2.05) is 0 Å². The van der Waals surface area contributed by atoms with Crippen LogP contribution in [-0.2, 0) is 0 Å². The second-order valence-electron chi connectivity index (χ2n) is 4.92. The van der Waals surface area contributed by atoms with E-state index < -0.39 is 27.1 Å². The Hall–Kier alpha value is -2.51. The number of rotatable bonds is 3. The predicted octanol–water partition coefficient (Wildman–Crippen LogP) is 2.52. The average molecular weight is 293 g/mol. The zero-order valence-corrected chi connectivity index (χ0v) is 11.4. The third kappa shape index (κ3) is 3.33. The van der Waals surface area contributed by atoms with Gasteiger partial charge in [-0.15, -0.1) is 0 Å². The van der Waals surface area contributed by atoms with Gasteiger partial charge in [-0.2, -0.15) is 0 Å². The van der Waals surface area contributed by atoms with E-state index in [1.165, 1.54) is 6.07 Å². The first-order valence-corrected chi connectivity index (χ1v) is 6.73. The van der Waals surface area contributed by atoms with E-state index in [-0.39, 0.29) is 5.56 Å². The van der Waals surface area contributed by atoms with Crippen LogP contribution >= 0.6 is 0 Å². The van der Waals surface area contributed by atoms with Gasteiger partial charge in [0.2, 0.25) is 0 Å². The molecule has 0 aliphatic carbocycles. The van der Waals surface area contributed by atoms with Crippen LogP contribution in [0.15, 0.2) is 18.2 Å². The Kier molecular flexibility index (Phi) is 4.46. The molecule has 1 aliphatic rings. The summed E-state index contributed by atoms with van der Waals surface area (Å²) in [5, 5.41) is 21.8. The van der Waals surface area contributed by atoms with Crippen molar-refractivity contribution >= 4 is 17.3 Å². The SMILES string of the molecule is O=C(c1ccc([N+](=O)[O-])cc1[N+](=O)[O-])N1CCCCCC1. The summed E-state index contributed by atoms with van der Waals surface area (Å²) in [7, 11) is 0. The highest BCUT2D eigenvalue weighted by atomic mass is 16.6. The van der Waals surface area contributed by atoms with Crippen LogP contribution in [0.3, 0.4) is 0 Å². The Bertz CT molecular complexity index is 579. The lowest BCUT2D eigenvalue weighted by Crippen LogP contribution is -2.32. The van der Waals surface area contributed by atoms with Gasteiger partial charge in [-0.05, 0) is 18.9 Å². The lowest BCUT2D eigenvalue weighted by atomic mass is 10.1. The fourth-order valence-electron chi connectivity index (χ4n) is 2.41. The van der Waals surface area contributed by atoms with Gasteiger partial charge in [-0.3, -0.25) is 25.0 Å². The fraction of sp³-hybridized carbons (Fsp3) is 0.462. The topological polar surface area (TPSA) is 107 Å². The number of nitro groups is 2. The molecule has 2 rings (SSSR count).